The molecule has 1 aliphatic rings. The van der Waals surface area contributed by atoms with Gasteiger partial charge in [-0.15, -0.1) is 0 Å². The van der Waals surface area contributed by atoms with Crippen LogP contribution in [0.15, 0.2) is 16.7 Å². The van der Waals surface area contributed by atoms with Crippen molar-refractivity contribution >= 4 is 16.7 Å². The van der Waals surface area contributed by atoms with Crippen LogP contribution in [-0.2, 0) is 17.3 Å². The molecule has 2 rings (SSSR count). The summed E-state index contributed by atoms with van der Waals surface area (Å²) in [7, 11) is -0.777. The van der Waals surface area contributed by atoms with E-state index in [4.69, 9.17) is 10.2 Å². The van der Waals surface area contributed by atoms with E-state index in [1.54, 1.807) is 6.07 Å². The normalized spacial score (nSPS) is 24.3. The lowest BCUT2D eigenvalue weighted by Crippen LogP contribution is -2.41. The molecule has 1 amide bonds. The highest BCUT2D eigenvalue weighted by atomic mass is 32.2. The number of hydrogen-bond donors (Lipinski definition) is 2. The molecule has 3 N–H and O–H groups in total. The molecule has 112 valence electrons. The molecule has 0 radical (unpaired) electrons. The number of nitrogens with two attached hydrogens (primary N) is 1. The number of hydrogen-bond acceptors (Lipinski definition) is 4. The van der Waals surface area contributed by atoms with E-state index in [2.05, 4.69) is 5.32 Å². The maximum absolute atomic E-state index is 12.1. The Morgan fingerprint density at radius 3 is 3.00 bits per heavy atom. The van der Waals surface area contributed by atoms with Gasteiger partial charge in [0.1, 0.15) is 12.0 Å². The second-order valence-electron chi connectivity index (χ2n) is 5.13. The predicted octanol–water partition coefficient (Wildman–Crippen LogP) is 1.55. The van der Waals surface area contributed by atoms with Crippen LogP contribution in [-0.4, -0.2) is 27.2 Å². The van der Waals surface area contributed by atoms with Gasteiger partial charge in [-0.25, -0.2) is 0 Å². The molecule has 3 unspecified atom stereocenters. The summed E-state index contributed by atoms with van der Waals surface area (Å²) >= 11 is 0. The Labute approximate surface area is 121 Å². The summed E-state index contributed by atoms with van der Waals surface area (Å²) in [6.45, 7) is 2.23. The van der Waals surface area contributed by atoms with Crippen molar-refractivity contribution in [2.75, 3.05) is 5.75 Å². The quantitative estimate of drug-likeness (QED) is 0.863. The van der Waals surface area contributed by atoms with Crippen LogP contribution in [0, 0.1) is 0 Å². The second kappa shape index (κ2) is 7.04. The van der Waals surface area contributed by atoms with Crippen molar-refractivity contribution in [1.82, 2.24) is 5.32 Å². The van der Waals surface area contributed by atoms with Crippen LogP contribution in [0.25, 0.3) is 0 Å². The minimum atomic E-state index is -0.777. The van der Waals surface area contributed by atoms with Gasteiger partial charge in [0.05, 0.1) is 12.1 Å². The Kier molecular flexibility index (Phi) is 5.37. The zero-order valence-electron chi connectivity index (χ0n) is 11.8. The maximum Gasteiger partial charge on any atom is 0.254 e. The summed E-state index contributed by atoms with van der Waals surface area (Å²) in [5.74, 6) is 1.15. The minimum Gasteiger partial charge on any atom is -0.467 e. The molecule has 0 saturated heterocycles. The van der Waals surface area contributed by atoms with Crippen LogP contribution in [0.2, 0.25) is 0 Å². The Bertz CT molecular complexity index is 487. The molecule has 1 aliphatic carbocycles. The van der Waals surface area contributed by atoms with Crippen molar-refractivity contribution in [3.63, 3.8) is 0 Å². The number of carbonyl (C=O) groups excluding carboxylic acids is 1. The van der Waals surface area contributed by atoms with Gasteiger partial charge in [-0.2, -0.15) is 0 Å². The fraction of sp³-hybridized carbons (Fsp3) is 0.643. The molecule has 1 saturated carbocycles. The maximum atomic E-state index is 12.1. The molecule has 20 heavy (non-hydrogen) atoms. The van der Waals surface area contributed by atoms with E-state index in [-0.39, 0.29) is 23.7 Å². The average Bonchev–Trinajstić information content (AvgIpc) is 2.95. The smallest absolute Gasteiger partial charge is 0.254 e. The van der Waals surface area contributed by atoms with Crippen molar-refractivity contribution in [3.05, 3.63) is 23.7 Å². The van der Waals surface area contributed by atoms with E-state index in [0.29, 0.717) is 17.1 Å². The first-order chi connectivity index (χ1) is 9.63. The third kappa shape index (κ3) is 3.70. The van der Waals surface area contributed by atoms with Gasteiger partial charge in [0, 0.05) is 27.8 Å². The fourth-order valence-corrected chi connectivity index (χ4v) is 3.97. The molecule has 1 aromatic rings. The van der Waals surface area contributed by atoms with Crippen molar-refractivity contribution in [1.29, 1.82) is 0 Å². The van der Waals surface area contributed by atoms with E-state index in [0.717, 1.165) is 25.7 Å². The van der Waals surface area contributed by atoms with Gasteiger partial charge in [-0.1, -0.05) is 13.3 Å². The lowest BCUT2D eigenvalue weighted by molar-refractivity contribution is 0.0927. The summed E-state index contributed by atoms with van der Waals surface area (Å²) in [4.78, 5) is 12.1. The molecule has 6 heteroatoms. The number of furan rings is 1. The number of amides is 1. The van der Waals surface area contributed by atoms with Crippen LogP contribution in [0.5, 0.6) is 0 Å². The molecular formula is C14H22N2O3S. The van der Waals surface area contributed by atoms with Crippen LogP contribution < -0.4 is 11.1 Å². The second-order valence-corrected chi connectivity index (χ2v) is 7.14. The first-order valence-corrected chi connectivity index (χ1v) is 8.47. The van der Waals surface area contributed by atoms with Gasteiger partial charge in [-0.05, 0) is 25.3 Å². The predicted molar refractivity (Wildman–Crippen MR) is 78.8 cm³/mol. The summed E-state index contributed by atoms with van der Waals surface area (Å²) in [5.41, 5.74) is 5.96. The van der Waals surface area contributed by atoms with Crippen LogP contribution >= 0.6 is 0 Å². The number of carbonyl (C=O) groups is 1. The van der Waals surface area contributed by atoms with Gasteiger partial charge < -0.3 is 15.5 Å². The SMILES string of the molecule is CCS(=O)C1CCCC(NC(=O)c2coc(CN)c2)C1. The van der Waals surface area contributed by atoms with Crippen molar-refractivity contribution in [3.8, 4) is 0 Å². The van der Waals surface area contributed by atoms with Crippen molar-refractivity contribution in [2.24, 2.45) is 5.73 Å². The molecule has 5 nitrogen and oxygen atoms in total. The Morgan fingerprint density at radius 1 is 1.55 bits per heavy atom. The Morgan fingerprint density at radius 2 is 2.35 bits per heavy atom. The van der Waals surface area contributed by atoms with Crippen LogP contribution in [0.3, 0.4) is 0 Å². The summed E-state index contributed by atoms with van der Waals surface area (Å²) in [6, 6.07) is 1.77. The van der Waals surface area contributed by atoms with Crippen LogP contribution in [0.1, 0.15) is 48.7 Å². The molecule has 0 bridgehead atoms. The molecule has 1 fully saturated rings. The lowest BCUT2D eigenvalue weighted by Gasteiger charge is -2.28. The van der Waals surface area contributed by atoms with E-state index < -0.39 is 10.8 Å². The standard InChI is InChI=1S/C14H22N2O3S/c1-2-20(18)13-5-3-4-11(7-13)16-14(17)10-6-12(8-15)19-9-10/h6,9,11,13H,2-5,7-8,15H2,1H3,(H,16,17). The molecular weight excluding hydrogens is 276 g/mol. The van der Waals surface area contributed by atoms with Gasteiger partial charge >= 0.3 is 0 Å². The zero-order chi connectivity index (χ0) is 14.5. The third-order valence-corrected chi connectivity index (χ3v) is 5.48. The van der Waals surface area contributed by atoms with Crippen LogP contribution in [0.4, 0.5) is 0 Å². The summed E-state index contributed by atoms with van der Waals surface area (Å²) in [5, 5.41) is 3.22. The highest BCUT2D eigenvalue weighted by Gasteiger charge is 2.27. The van der Waals surface area contributed by atoms with Crippen molar-refractivity contribution in [2.45, 2.75) is 50.4 Å². The summed E-state index contributed by atoms with van der Waals surface area (Å²) < 4.78 is 17.0. The largest absolute Gasteiger partial charge is 0.467 e. The first kappa shape index (κ1) is 15.3. The fourth-order valence-electron chi connectivity index (χ4n) is 2.63. The van der Waals surface area contributed by atoms with E-state index in [1.165, 1.54) is 6.26 Å². The highest BCUT2D eigenvalue weighted by molar-refractivity contribution is 7.85. The highest BCUT2D eigenvalue weighted by Crippen LogP contribution is 2.23. The van der Waals surface area contributed by atoms with E-state index >= 15 is 0 Å². The monoisotopic (exact) mass is 298 g/mol. The first-order valence-electron chi connectivity index (χ1n) is 7.09. The van der Waals surface area contributed by atoms with Crippen molar-refractivity contribution < 1.29 is 13.4 Å². The van der Waals surface area contributed by atoms with Gasteiger partial charge in [0.25, 0.3) is 5.91 Å². The number of nitrogens with one attached hydrogen (secondary N) is 1. The molecule has 0 spiro atoms. The third-order valence-electron chi connectivity index (χ3n) is 3.73. The number of rotatable bonds is 5. The zero-order valence-corrected chi connectivity index (χ0v) is 12.6. The Balaban J connectivity index is 1.92. The minimum absolute atomic E-state index is 0.105. The molecule has 0 aliphatic heterocycles. The molecule has 3 atom stereocenters. The molecule has 1 heterocycles. The average molecular weight is 298 g/mol. The van der Waals surface area contributed by atoms with Gasteiger partial charge in [0.15, 0.2) is 0 Å². The summed E-state index contributed by atoms with van der Waals surface area (Å²) in [6.07, 6.45) is 5.19. The van der Waals surface area contributed by atoms with E-state index in [1.807, 2.05) is 6.92 Å². The topological polar surface area (TPSA) is 85.3 Å². The molecule has 0 aromatic carbocycles. The Hall–Kier alpha value is -1.14. The van der Waals surface area contributed by atoms with E-state index in [9.17, 15) is 9.00 Å². The lowest BCUT2D eigenvalue weighted by atomic mass is 9.95. The molecule has 1 aromatic heterocycles. The van der Waals surface area contributed by atoms with Gasteiger partial charge in [0.2, 0.25) is 0 Å². The van der Waals surface area contributed by atoms with Gasteiger partial charge in [-0.3, -0.25) is 9.00 Å².